The normalized spacial score (nSPS) is 26.6. The number of carbonyl (C=O) groups excluding carboxylic acids is 1. The Morgan fingerprint density at radius 1 is 0.971 bits per heavy atom. The van der Waals surface area contributed by atoms with Crippen molar-refractivity contribution in [2.24, 2.45) is 23.2 Å². The lowest BCUT2D eigenvalue weighted by molar-refractivity contribution is -0.115. The molecule has 4 aliphatic carbocycles. The van der Waals surface area contributed by atoms with Crippen molar-refractivity contribution >= 4 is 34.3 Å². The van der Waals surface area contributed by atoms with Crippen LogP contribution in [0, 0.1) is 26.7 Å². The Balaban J connectivity index is 1.29. The Morgan fingerprint density at radius 2 is 1.60 bits per heavy atom. The van der Waals surface area contributed by atoms with Crippen LogP contribution in [0.3, 0.4) is 0 Å². The van der Waals surface area contributed by atoms with Crippen molar-refractivity contribution in [1.82, 2.24) is 9.97 Å². The molecule has 0 radical (unpaired) electrons. The molecule has 35 heavy (non-hydrogen) atoms. The van der Waals surface area contributed by atoms with Gasteiger partial charge in [0, 0.05) is 9.13 Å². The van der Waals surface area contributed by atoms with Crippen molar-refractivity contribution in [2.45, 2.75) is 51.4 Å². The summed E-state index contributed by atoms with van der Waals surface area (Å²) in [7, 11) is 0. The first-order valence-corrected chi connectivity index (χ1v) is 13.7. The van der Waals surface area contributed by atoms with Crippen LogP contribution in [0.25, 0.3) is 11.3 Å². The topological polar surface area (TPSA) is 75.1 Å². The molecular weight excluding hydrogens is 549 g/mol. The number of rotatable bonds is 6. The van der Waals surface area contributed by atoms with Gasteiger partial charge in [0.05, 0.1) is 24.0 Å². The highest BCUT2D eigenvalue weighted by Gasteiger charge is 2.51. The maximum Gasteiger partial charge on any atom is 0.229 e. The van der Waals surface area contributed by atoms with Crippen molar-refractivity contribution in [2.75, 3.05) is 5.32 Å². The fourth-order valence-electron chi connectivity index (χ4n) is 7.25. The zero-order valence-electron chi connectivity index (χ0n) is 19.7. The molecular formula is C29H30IN3O2. The molecule has 5 nitrogen and oxygen atoms in total. The summed E-state index contributed by atoms with van der Waals surface area (Å²) in [6.45, 7) is 0. The van der Waals surface area contributed by atoms with Gasteiger partial charge in [0.1, 0.15) is 5.75 Å². The van der Waals surface area contributed by atoms with E-state index < -0.39 is 0 Å². The first-order valence-electron chi connectivity index (χ1n) is 12.6. The van der Waals surface area contributed by atoms with Crippen LogP contribution >= 0.6 is 22.6 Å². The number of aromatic hydroxyl groups is 1. The van der Waals surface area contributed by atoms with E-state index in [4.69, 9.17) is 9.97 Å². The van der Waals surface area contributed by atoms with Gasteiger partial charge in [-0.3, -0.25) is 4.79 Å². The molecule has 1 aromatic heterocycles. The van der Waals surface area contributed by atoms with Gasteiger partial charge in [0.25, 0.3) is 0 Å². The Morgan fingerprint density at radius 3 is 2.23 bits per heavy atom. The van der Waals surface area contributed by atoms with Gasteiger partial charge in [0.2, 0.25) is 5.91 Å². The summed E-state index contributed by atoms with van der Waals surface area (Å²) in [5.41, 5.74) is 3.86. The van der Waals surface area contributed by atoms with E-state index in [1.54, 1.807) is 18.3 Å². The standard InChI is InChI=1S/C29H30IN3O2/c30-23-5-1-18(2-6-23)12-27(35)33-28-25(32-26(17-31-28)22-3-7-24(34)8-4-22)16-29-13-19-9-20(14-29)11-21(10-19)15-29/h1-8,17,19-21,34H,9-16H2,(H,31,33,35). The number of nitrogens with one attached hydrogen (secondary N) is 1. The van der Waals surface area contributed by atoms with E-state index in [1.165, 1.54) is 38.5 Å². The van der Waals surface area contributed by atoms with E-state index in [0.717, 1.165) is 50.3 Å². The van der Waals surface area contributed by atoms with Crippen LogP contribution in [0.5, 0.6) is 5.75 Å². The van der Waals surface area contributed by atoms with Gasteiger partial charge in [-0.15, -0.1) is 0 Å². The molecule has 0 saturated heterocycles. The predicted molar refractivity (Wildman–Crippen MR) is 145 cm³/mol. The molecule has 180 valence electrons. The molecule has 0 atom stereocenters. The van der Waals surface area contributed by atoms with Crippen molar-refractivity contribution in [1.29, 1.82) is 0 Å². The van der Waals surface area contributed by atoms with Crippen molar-refractivity contribution in [3.63, 3.8) is 0 Å². The molecule has 0 aliphatic heterocycles. The van der Waals surface area contributed by atoms with E-state index >= 15 is 0 Å². The Hall–Kier alpha value is -2.48. The molecule has 0 unspecified atom stereocenters. The van der Waals surface area contributed by atoms with Gasteiger partial charge in [-0.05, 0) is 133 Å². The fourth-order valence-corrected chi connectivity index (χ4v) is 7.61. The molecule has 6 heteroatoms. The van der Waals surface area contributed by atoms with Gasteiger partial charge < -0.3 is 10.4 Å². The van der Waals surface area contributed by atoms with Crippen LogP contribution in [0.15, 0.2) is 54.7 Å². The quantitative estimate of drug-likeness (QED) is 0.332. The summed E-state index contributed by atoms with van der Waals surface area (Å²) in [4.78, 5) is 22.7. The number of nitrogens with zero attached hydrogens (tertiary/aromatic N) is 2. The number of benzene rings is 2. The van der Waals surface area contributed by atoms with E-state index in [2.05, 4.69) is 27.9 Å². The lowest BCUT2D eigenvalue weighted by atomic mass is 9.48. The van der Waals surface area contributed by atoms with Gasteiger partial charge in [-0.1, -0.05) is 12.1 Å². The highest BCUT2D eigenvalue weighted by Crippen LogP contribution is 2.61. The maximum absolute atomic E-state index is 13.0. The maximum atomic E-state index is 13.0. The number of aromatic nitrogens is 2. The van der Waals surface area contributed by atoms with Crippen LogP contribution < -0.4 is 5.32 Å². The molecule has 1 heterocycles. The highest BCUT2D eigenvalue weighted by atomic mass is 127. The Labute approximate surface area is 219 Å². The number of amides is 1. The first-order chi connectivity index (χ1) is 16.9. The second-order valence-corrected chi connectivity index (χ2v) is 12.3. The lowest BCUT2D eigenvalue weighted by Crippen LogP contribution is -2.47. The van der Waals surface area contributed by atoms with Gasteiger partial charge >= 0.3 is 0 Å². The summed E-state index contributed by atoms with van der Waals surface area (Å²) >= 11 is 2.27. The molecule has 0 spiro atoms. The third-order valence-electron chi connectivity index (χ3n) is 8.25. The molecule has 4 saturated carbocycles. The Bertz CT molecular complexity index is 1200. The molecule has 4 bridgehead atoms. The van der Waals surface area contributed by atoms with Crippen molar-refractivity contribution in [3.05, 3.63) is 69.6 Å². The SMILES string of the molecule is O=C(Cc1ccc(I)cc1)Nc1ncc(-c2ccc(O)cc2)nc1CC12CC3CC(CC(C3)C1)C2. The van der Waals surface area contributed by atoms with Crippen LogP contribution in [-0.4, -0.2) is 21.0 Å². The molecule has 2 aromatic carbocycles. The zero-order valence-corrected chi connectivity index (χ0v) is 21.9. The van der Waals surface area contributed by atoms with Crippen LogP contribution in [0.2, 0.25) is 0 Å². The third kappa shape index (κ3) is 4.95. The summed E-state index contributed by atoms with van der Waals surface area (Å²) in [5.74, 6) is 3.33. The average molecular weight is 579 g/mol. The Kier molecular flexibility index (Phi) is 6.03. The predicted octanol–water partition coefficient (Wildman–Crippen LogP) is 6.39. The zero-order chi connectivity index (χ0) is 24.0. The molecule has 4 fully saturated rings. The lowest BCUT2D eigenvalue weighted by Gasteiger charge is -2.57. The second-order valence-electron chi connectivity index (χ2n) is 11.0. The van der Waals surface area contributed by atoms with E-state index in [0.29, 0.717) is 12.2 Å². The average Bonchev–Trinajstić information content (AvgIpc) is 2.81. The van der Waals surface area contributed by atoms with Crippen molar-refractivity contribution < 1.29 is 9.90 Å². The van der Waals surface area contributed by atoms with Gasteiger partial charge in [0.15, 0.2) is 5.82 Å². The smallest absolute Gasteiger partial charge is 0.229 e. The molecule has 4 aliphatic rings. The molecule has 2 N–H and O–H groups in total. The van der Waals surface area contributed by atoms with Crippen LogP contribution in [-0.2, 0) is 17.6 Å². The van der Waals surface area contributed by atoms with Crippen molar-refractivity contribution in [3.8, 4) is 17.0 Å². The monoisotopic (exact) mass is 579 g/mol. The summed E-state index contributed by atoms with van der Waals surface area (Å²) in [6, 6.07) is 15.1. The number of hydrogen-bond donors (Lipinski definition) is 2. The van der Waals surface area contributed by atoms with E-state index in [1.807, 2.05) is 36.4 Å². The number of halogens is 1. The highest BCUT2D eigenvalue weighted by molar-refractivity contribution is 14.1. The summed E-state index contributed by atoms with van der Waals surface area (Å²) in [6.07, 6.45) is 11.0. The summed E-state index contributed by atoms with van der Waals surface area (Å²) < 4.78 is 1.15. The number of hydrogen-bond acceptors (Lipinski definition) is 4. The van der Waals surface area contributed by atoms with Gasteiger partial charge in [-0.25, -0.2) is 9.97 Å². The van der Waals surface area contributed by atoms with Crippen LogP contribution in [0.4, 0.5) is 5.82 Å². The number of phenols is 1. The largest absolute Gasteiger partial charge is 0.508 e. The molecule has 3 aromatic rings. The molecule has 1 amide bonds. The fraction of sp³-hybridized carbons (Fsp3) is 0.414. The minimum Gasteiger partial charge on any atom is -0.508 e. The number of anilines is 1. The third-order valence-corrected chi connectivity index (χ3v) is 8.97. The van der Waals surface area contributed by atoms with Crippen LogP contribution in [0.1, 0.15) is 49.8 Å². The first kappa shape index (κ1) is 23.0. The molecule has 7 rings (SSSR count). The second kappa shape index (κ2) is 9.19. The minimum atomic E-state index is -0.0651. The number of phenolic OH excluding ortho intramolecular Hbond substituents is 1. The minimum absolute atomic E-state index is 0.0651. The summed E-state index contributed by atoms with van der Waals surface area (Å²) in [5, 5.41) is 12.8. The van der Waals surface area contributed by atoms with Gasteiger partial charge in [-0.2, -0.15) is 0 Å². The number of carbonyl (C=O) groups is 1. The van der Waals surface area contributed by atoms with E-state index in [9.17, 15) is 9.90 Å². The van der Waals surface area contributed by atoms with E-state index in [-0.39, 0.29) is 17.1 Å².